The fraction of sp³-hybridized carbons (Fsp3) is 0.476. The Morgan fingerprint density at radius 1 is 0.343 bits per heavy atom. The topological polar surface area (TPSA) is 51.8 Å². The van der Waals surface area contributed by atoms with E-state index in [1.807, 2.05) is 0 Å². The van der Waals surface area contributed by atoms with Crippen LogP contribution in [0.5, 0.6) is 0 Å². The van der Waals surface area contributed by atoms with Crippen molar-refractivity contribution in [2.24, 2.45) is 53.3 Å². The fourth-order valence-electron chi connectivity index (χ4n) is 19.3. The van der Waals surface area contributed by atoms with Crippen LogP contribution in [0.3, 0.4) is 0 Å². The van der Waals surface area contributed by atoms with Crippen LogP contribution < -0.4 is 0 Å². The fourth-order valence-corrected chi connectivity index (χ4v) is 19.3. The van der Waals surface area contributed by atoms with E-state index in [0.29, 0.717) is 22.1 Å². The number of para-hydroxylation sites is 1. The van der Waals surface area contributed by atoms with Crippen molar-refractivity contribution >= 4 is 21.9 Å². The monoisotopic (exact) mass is 877 g/mol. The van der Waals surface area contributed by atoms with Crippen molar-refractivity contribution in [1.82, 2.24) is 15.0 Å². The van der Waals surface area contributed by atoms with Crippen LogP contribution in [-0.4, -0.2) is 15.0 Å². The molecule has 12 saturated carbocycles. The number of furan rings is 1. The minimum absolute atomic E-state index is 0.349. The van der Waals surface area contributed by atoms with Crippen LogP contribution in [0.1, 0.15) is 132 Å². The summed E-state index contributed by atoms with van der Waals surface area (Å²) in [5.74, 6) is 10.4. The number of aromatic nitrogens is 3. The van der Waals surface area contributed by atoms with Gasteiger partial charge in [-0.2, -0.15) is 0 Å². The van der Waals surface area contributed by atoms with E-state index in [9.17, 15) is 0 Å². The zero-order valence-corrected chi connectivity index (χ0v) is 39.1. The summed E-state index contributed by atoms with van der Waals surface area (Å²) >= 11 is 0. The van der Waals surface area contributed by atoms with E-state index >= 15 is 0 Å². The van der Waals surface area contributed by atoms with Crippen molar-refractivity contribution in [3.8, 4) is 45.3 Å². The van der Waals surface area contributed by atoms with E-state index in [0.717, 1.165) is 104 Å². The number of benzene rings is 5. The lowest BCUT2D eigenvalue weighted by molar-refractivity contribution is -0.00530. The van der Waals surface area contributed by atoms with Gasteiger partial charge in [0.1, 0.15) is 11.2 Å². The number of fused-ring (bicyclic) bond motifs is 3. The first-order valence-corrected chi connectivity index (χ1v) is 26.9. The molecule has 0 atom stereocenters. The predicted octanol–water partition coefficient (Wildman–Crippen LogP) is 15.8. The van der Waals surface area contributed by atoms with Crippen molar-refractivity contribution in [3.05, 3.63) is 126 Å². The van der Waals surface area contributed by atoms with Gasteiger partial charge in [0.2, 0.25) is 0 Å². The summed E-state index contributed by atoms with van der Waals surface area (Å²) in [5.41, 5.74) is 12.9. The van der Waals surface area contributed by atoms with Gasteiger partial charge < -0.3 is 4.42 Å². The molecular weight excluding hydrogens is 815 g/mol. The third kappa shape index (κ3) is 6.05. The summed E-state index contributed by atoms with van der Waals surface area (Å²) in [4.78, 5) is 16.3. The zero-order valence-electron chi connectivity index (χ0n) is 39.1. The molecule has 0 amide bonds. The van der Waals surface area contributed by atoms with Crippen LogP contribution in [0.25, 0.3) is 67.2 Å². The van der Waals surface area contributed by atoms with Gasteiger partial charge in [0.15, 0.2) is 17.5 Å². The molecule has 2 aromatic heterocycles. The van der Waals surface area contributed by atoms with Gasteiger partial charge in [-0.3, -0.25) is 0 Å². The average Bonchev–Trinajstić information content (AvgIpc) is 3.71. The summed E-state index contributed by atoms with van der Waals surface area (Å²) < 4.78 is 6.84. The lowest BCUT2D eigenvalue weighted by atomic mass is 9.48. The van der Waals surface area contributed by atoms with Gasteiger partial charge in [0.05, 0.1) is 5.56 Å². The Kier molecular flexibility index (Phi) is 8.12. The molecule has 0 saturated heterocycles. The van der Waals surface area contributed by atoms with E-state index in [2.05, 4.69) is 109 Å². The summed E-state index contributed by atoms with van der Waals surface area (Å²) in [6.45, 7) is 0. The minimum atomic E-state index is 0.349. The largest absolute Gasteiger partial charge is 0.455 e. The Bertz CT molecular complexity index is 2910. The molecular formula is C63H63N3O. The van der Waals surface area contributed by atoms with Crippen molar-refractivity contribution in [2.75, 3.05) is 0 Å². The van der Waals surface area contributed by atoms with Gasteiger partial charge in [-0.1, -0.05) is 91.0 Å². The smallest absolute Gasteiger partial charge is 0.167 e. The van der Waals surface area contributed by atoms with Crippen LogP contribution >= 0.6 is 0 Å². The number of rotatable bonds is 7. The van der Waals surface area contributed by atoms with Crippen LogP contribution in [-0.2, 0) is 16.2 Å². The lowest BCUT2D eigenvalue weighted by Gasteiger charge is -2.57. The average molecular weight is 878 g/mol. The SMILES string of the molecule is c1ccc2c(c1)oc1c(-c3nc(-c4ccc(C56CC7CC(CC(C7)C5)C6)cc4)nc(-c4ccc(C56CC7CC(CC(C7)C5)C6)cc4)n3)cc(-c3ccc(C45CC6CC(CC(C6)C4)C5)cc3)cc12. The molecule has 12 aliphatic carbocycles. The first-order valence-electron chi connectivity index (χ1n) is 26.9. The molecule has 5 aromatic carbocycles. The Hall–Kier alpha value is -5.09. The molecule has 12 aliphatic rings. The van der Waals surface area contributed by atoms with Gasteiger partial charge in [0.25, 0.3) is 0 Å². The maximum Gasteiger partial charge on any atom is 0.167 e. The van der Waals surface area contributed by atoms with Crippen LogP contribution in [0.2, 0.25) is 0 Å². The Morgan fingerprint density at radius 3 is 1.10 bits per heavy atom. The number of nitrogens with zero attached hydrogens (tertiary/aromatic N) is 3. The van der Waals surface area contributed by atoms with E-state index in [1.165, 1.54) is 138 Å². The van der Waals surface area contributed by atoms with Gasteiger partial charge in [-0.05, 0) is 231 Å². The van der Waals surface area contributed by atoms with Crippen LogP contribution in [0.4, 0.5) is 0 Å². The zero-order chi connectivity index (χ0) is 43.6. The summed E-state index contributed by atoms with van der Waals surface area (Å²) in [6.07, 6.45) is 25.5. The van der Waals surface area contributed by atoms with Crippen molar-refractivity contribution in [3.63, 3.8) is 0 Å². The highest BCUT2D eigenvalue weighted by Crippen LogP contribution is 2.63. The van der Waals surface area contributed by atoms with Crippen molar-refractivity contribution in [2.45, 2.75) is 132 Å². The van der Waals surface area contributed by atoms with Crippen LogP contribution in [0, 0.1) is 53.3 Å². The molecule has 0 unspecified atom stereocenters. The quantitative estimate of drug-likeness (QED) is 0.160. The standard InChI is InChI=1S/C63H63N3O/c1-2-4-56-53(3-1)54-26-49(46-5-11-50(12-6-46)61-28-37-17-38(29-61)19-39(18-37)30-61)27-55(57(54)67-56)60-65-58(47-7-13-51(14-8-47)62-31-40-20-41(32-62)22-42(21-40)33-62)64-59(66-60)48-9-15-52(16-10-48)63-34-43-23-44(35-63)25-45(24-43)36-63/h1-16,26-27,37-45H,17-25,28-36H2. The second-order valence-electron chi connectivity index (χ2n) is 25.1. The molecule has 7 aromatic rings. The maximum absolute atomic E-state index is 6.84. The lowest BCUT2D eigenvalue weighted by Crippen LogP contribution is -2.48. The maximum atomic E-state index is 6.84. The molecule has 4 nitrogen and oxygen atoms in total. The highest BCUT2D eigenvalue weighted by molar-refractivity contribution is 6.11. The summed E-state index contributed by atoms with van der Waals surface area (Å²) in [6, 6.07) is 42.0. The second kappa shape index (κ2) is 14.0. The first kappa shape index (κ1) is 38.8. The molecule has 2 heterocycles. The van der Waals surface area contributed by atoms with E-state index in [-0.39, 0.29) is 0 Å². The molecule has 19 rings (SSSR count). The highest BCUT2D eigenvalue weighted by Gasteiger charge is 2.54. The third-order valence-corrected chi connectivity index (χ3v) is 20.8. The Morgan fingerprint density at radius 2 is 0.701 bits per heavy atom. The Balaban J connectivity index is 0.822. The van der Waals surface area contributed by atoms with E-state index in [4.69, 9.17) is 19.4 Å². The molecule has 0 aliphatic heterocycles. The number of hydrogen-bond donors (Lipinski definition) is 0. The van der Waals surface area contributed by atoms with Gasteiger partial charge in [-0.15, -0.1) is 0 Å². The molecule has 4 heteroatoms. The second-order valence-corrected chi connectivity index (χ2v) is 25.1. The van der Waals surface area contributed by atoms with Gasteiger partial charge >= 0.3 is 0 Å². The molecule has 12 fully saturated rings. The predicted molar refractivity (Wildman–Crippen MR) is 268 cm³/mol. The molecule has 0 radical (unpaired) electrons. The Labute approximate surface area is 395 Å². The molecule has 12 bridgehead atoms. The molecule has 0 N–H and O–H groups in total. The normalized spacial score (nSPS) is 36.2. The van der Waals surface area contributed by atoms with Crippen molar-refractivity contribution in [1.29, 1.82) is 0 Å². The van der Waals surface area contributed by atoms with Gasteiger partial charge in [0, 0.05) is 21.9 Å². The third-order valence-electron chi connectivity index (χ3n) is 20.8. The van der Waals surface area contributed by atoms with Crippen molar-refractivity contribution < 1.29 is 4.42 Å². The molecule has 67 heavy (non-hydrogen) atoms. The molecule has 336 valence electrons. The van der Waals surface area contributed by atoms with E-state index < -0.39 is 0 Å². The minimum Gasteiger partial charge on any atom is -0.455 e. The summed E-state index contributed by atoms with van der Waals surface area (Å²) in [7, 11) is 0. The summed E-state index contributed by atoms with van der Waals surface area (Å²) in [5, 5.41) is 2.23. The number of hydrogen-bond acceptors (Lipinski definition) is 4. The molecule has 0 spiro atoms. The van der Waals surface area contributed by atoms with Gasteiger partial charge in [-0.25, -0.2) is 15.0 Å². The highest BCUT2D eigenvalue weighted by atomic mass is 16.3. The first-order chi connectivity index (χ1) is 32.9. The van der Waals surface area contributed by atoms with Crippen LogP contribution in [0.15, 0.2) is 114 Å². The van der Waals surface area contributed by atoms with E-state index in [1.54, 1.807) is 5.56 Å².